The van der Waals surface area contributed by atoms with Gasteiger partial charge in [0.2, 0.25) is 0 Å². The molecular formula is C23H19N3O. The number of hydrogen-bond donors (Lipinski definition) is 1. The number of para-hydroxylation sites is 1. The number of hydrazone groups is 1. The Morgan fingerprint density at radius 3 is 2.52 bits per heavy atom. The lowest BCUT2D eigenvalue weighted by atomic mass is 10.0. The molecule has 1 heterocycles. The molecule has 0 atom stereocenters. The topological polar surface area (TPSA) is 54.4 Å². The Balaban J connectivity index is 1.63. The Morgan fingerprint density at radius 2 is 1.67 bits per heavy atom. The van der Waals surface area contributed by atoms with Gasteiger partial charge in [0.15, 0.2) is 0 Å². The van der Waals surface area contributed by atoms with Crippen LogP contribution in [0.1, 0.15) is 28.5 Å². The van der Waals surface area contributed by atoms with Gasteiger partial charge in [-0.15, -0.1) is 0 Å². The van der Waals surface area contributed by atoms with Crippen LogP contribution in [0, 0.1) is 6.92 Å². The molecule has 4 nitrogen and oxygen atoms in total. The third kappa shape index (κ3) is 3.42. The fourth-order valence-corrected chi connectivity index (χ4v) is 3.17. The van der Waals surface area contributed by atoms with E-state index in [1.54, 1.807) is 6.07 Å². The summed E-state index contributed by atoms with van der Waals surface area (Å²) in [6, 6.07) is 23.7. The van der Waals surface area contributed by atoms with Crippen LogP contribution in [0.5, 0.6) is 0 Å². The van der Waals surface area contributed by atoms with Gasteiger partial charge in [-0.2, -0.15) is 5.10 Å². The molecule has 4 heteroatoms. The number of carbonyl (C=O) groups is 1. The number of aromatic nitrogens is 1. The lowest BCUT2D eigenvalue weighted by Gasteiger charge is -2.08. The van der Waals surface area contributed by atoms with Crippen LogP contribution < -0.4 is 5.43 Å². The molecule has 0 aliphatic rings. The number of nitrogens with zero attached hydrogens (tertiary/aromatic N) is 2. The lowest BCUT2D eigenvalue weighted by molar-refractivity contribution is 0.0956. The van der Waals surface area contributed by atoms with Gasteiger partial charge < -0.3 is 0 Å². The van der Waals surface area contributed by atoms with Crippen LogP contribution in [-0.2, 0) is 0 Å². The van der Waals surface area contributed by atoms with Crippen molar-refractivity contribution in [2.24, 2.45) is 5.10 Å². The molecule has 1 amide bonds. The van der Waals surface area contributed by atoms with Crippen molar-refractivity contribution in [3.05, 3.63) is 89.6 Å². The van der Waals surface area contributed by atoms with Gasteiger partial charge in [0, 0.05) is 11.1 Å². The predicted molar refractivity (Wildman–Crippen MR) is 110 cm³/mol. The first kappa shape index (κ1) is 16.9. The largest absolute Gasteiger partial charge is 0.272 e. The summed E-state index contributed by atoms with van der Waals surface area (Å²) in [6.07, 6.45) is 0. The van der Waals surface area contributed by atoms with Gasteiger partial charge in [-0.1, -0.05) is 54.6 Å². The minimum absolute atomic E-state index is 0.239. The van der Waals surface area contributed by atoms with E-state index in [-0.39, 0.29) is 5.91 Å². The van der Waals surface area contributed by atoms with Crippen LogP contribution in [0.2, 0.25) is 0 Å². The van der Waals surface area contributed by atoms with E-state index in [4.69, 9.17) is 0 Å². The maximum atomic E-state index is 12.7. The Labute approximate surface area is 157 Å². The minimum atomic E-state index is -0.239. The van der Waals surface area contributed by atoms with Crippen molar-refractivity contribution in [3.63, 3.8) is 0 Å². The van der Waals surface area contributed by atoms with Crippen molar-refractivity contribution >= 4 is 33.3 Å². The zero-order valence-corrected chi connectivity index (χ0v) is 15.2. The van der Waals surface area contributed by atoms with Gasteiger partial charge in [-0.3, -0.25) is 9.78 Å². The highest BCUT2D eigenvalue weighted by atomic mass is 16.2. The number of pyridine rings is 1. The van der Waals surface area contributed by atoms with Crippen LogP contribution in [0.3, 0.4) is 0 Å². The number of fused-ring (bicyclic) bond motifs is 2. The molecule has 0 radical (unpaired) electrons. The van der Waals surface area contributed by atoms with Crippen molar-refractivity contribution < 1.29 is 4.79 Å². The average molecular weight is 353 g/mol. The monoisotopic (exact) mass is 353 g/mol. The van der Waals surface area contributed by atoms with Crippen molar-refractivity contribution in [3.8, 4) is 0 Å². The summed E-state index contributed by atoms with van der Waals surface area (Å²) >= 11 is 0. The molecule has 0 saturated heterocycles. The molecule has 0 spiro atoms. The van der Waals surface area contributed by atoms with Gasteiger partial charge in [-0.25, -0.2) is 5.43 Å². The number of rotatable bonds is 3. The molecule has 0 saturated carbocycles. The van der Waals surface area contributed by atoms with E-state index in [0.29, 0.717) is 5.56 Å². The molecule has 1 aromatic heterocycles. The summed E-state index contributed by atoms with van der Waals surface area (Å²) in [6.45, 7) is 3.77. The molecule has 0 unspecified atom stereocenters. The normalized spacial score (nSPS) is 11.7. The molecule has 0 aliphatic heterocycles. The molecule has 0 aliphatic carbocycles. The second kappa shape index (κ2) is 7.00. The third-order valence-corrected chi connectivity index (χ3v) is 4.58. The number of amides is 1. The van der Waals surface area contributed by atoms with Gasteiger partial charge >= 0.3 is 0 Å². The fraction of sp³-hybridized carbons (Fsp3) is 0.0870. The molecule has 4 rings (SSSR count). The smallest absolute Gasteiger partial charge is 0.267 e. The maximum absolute atomic E-state index is 12.7. The van der Waals surface area contributed by atoms with E-state index >= 15 is 0 Å². The molecule has 132 valence electrons. The van der Waals surface area contributed by atoms with E-state index in [9.17, 15) is 4.79 Å². The first-order valence-electron chi connectivity index (χ1n) is 8.82. The molecule has 27 heavy (non-hydrogen) atoms. The second-order valence-corrected chi connectivity index (χ2v) is 6.53. The van der Waals surface area contributed by atoms with E-state index in [2.05, 4.69) is 39.8 Å². The van der Waals surface area contributed by atoms with Crippen molar-refractivity contribution in [1.29, 1.82) is 0 Å². The Morgan fingerprint density at radius 1 is 0.926 bits per heavy atom. The highest BCUT2D eigenvalue weighted by molar-refractivity contribution is 6.07. The minimum Gasteiger partial charge on any atom is -0.267 e. The number of hydrogen-bond acceptors (Lipinski definition) is 3. The van der Waals surface area contributed by atoms with Gasteiger partial charge in [-0.05, 0) is 48.4 Å². The predicted octanol–water partition coefficient (Wildman–Crippen LogP) is 4.85. The van der Waals surface area contributed by atoms with Crippen molar-refractivity contribution in [2.45, 2.75) is 13.8 Å². The van der Waals surface area contributed by atoms with E-state index < -0.39 is 0 Å². The van der Waals surface area contributed by atoms with Crippen LogP contribution in [-0.4, -0.2) is 16.6 Å². The Hall–Kier alpha value is -3.53. The molecule has 3 aromatic carbocycles. The highest BCUT2D eigenvalue weighted by Crippen LogP contribution is 2.19. The summed E-state index contributed by atoms with van der Waals surface area (Å²) in [5, 5.41) is 7.45. The summed E-state index contributed by atoms with van der Waals surface area (Å²) < 4.78 is 0. The first-order valence-corrected chi connectivity index (χ1v) is 8.82. The third-order valence-electron chi connectivity index (χ3n) is 4.58. The number of benzene rings is 3. The maximum Gasteiger partial charge on any atom is 0.272 e. The quantitative estimate of drug-likeness (QED) is 0.423. The van der Waals surface area contributed by atoms with Crippen molar-refractivity contribution in [2.75, 3.05) is 0 Å². The molecule has 0 fully saturated rings. The summed E-state index contributed by atoms with van der Waals surface area (Å²) in [5.41, 5.74) is 6.60. The number of carbonyl (C=O) groups excluding carboxylic acids is 1. The van der Waals surface area contributed by atoms with E-state index in [0.717, 1.165) is 33.3 Å². The van der Waals surface area contributed by atoms with Gasteiger partial charge in [0.1, 0.15) is 0 Å². The standard InChI is InChI=1S/C23H19N3O/c1-15-13-21(20-9-5-6-10-22(20)24-15)23(27)26-25-16(2)18-12-11-17-7-3-4-8-19(17)14-18/h3-14H,1-2H3,(H,26,27)/b25-16-. The number of nitrogens with one attached hydrogen (secondary N) is 1. The van der Waals surface area contributed by atoms with E-state index in [1.165, 1.54) is 5.39 Å². The van der Waals surface area contributed by atoms with Crippen LogP contribution in [0.15, 0.2) is 77.9 Å². The average Bonchev–Trinajstić information content (AvgIpc) is 2.70. The van der Waals surface area contributed by atoms with Crippen LogP contribution >= 0.6 is 0 Å². The first-order chi connectivity index (χ1) is 13.1. The summed E-state index contributed by atoms with van der Waals surface area (Å²) in [4.78, 5) is 17.2. The molecular weight excluding hydrogens is 334 g/mol. The van der Waals surface area contributed by atoms with E-state index in [1.807, 2.05) is 56.3 Å². The second-order valence-electron chi connectivity index (χ2n) is 6.53. The fourth-order valence-electron chi connectivity index (χ4n) is 3.17. The highest BCUT2D eigenvalue weighted by Gasteiger charge is 2.11. The van der Waals surface area contributed by atoms with Crippen molar-refractivity contribution in [1.82, 2.24) is 10.4 Å². The van der Waals surface area contributed by atoms with Gasteiger partial charge in [0.05, 0.1) is 16.8 Å². The number of aryl methyl sites for hydroxylation is 1. The molecule has 4 aromatic rings. The lowest BCUT2D eigenvalue weighted by Crippen LogP contribution is -2.20. The molecule has 0 bridgehead atoms. The summed E-state index contributed by atoms with van der Waals surface area (Å²) in [5.74, 6) is -0.239. The van der Waals surface area contributed by atoms with Crippen LogP contribution in [0.4, 0.5) is 0 Å². The Bertz CT molecular complexity index is 1190. The van der Waals surface area contributed by atoms with Crippen LogP contribution in [0.25, 0.3) is 21.7 Å². The van der Waals surface area contributed by atoms with Gasteiger partial charge in [0.25, 0.3) is 5.91 Å². The Kier molecular flexibility index (Phi) is 4.38. The SMILES string of the molecule is C/C(=N/NC(=O)c1cc(C)nc2ccccc12)c1ccc2ccccc2c1. The molecule has 1 N–H and O–H groups in total. The summed E-state index contributed by atoms with van der Waals surface area (Å²) in [7, 11) is 0. The zero-order valence-electron chi connectivity index (χ0n) is 15.2. The zero-order chi connectivity index (χ0) is 18.8.